The van der Waals surface area contributed by atoms with Crippen molar-refractivity contribution in [2.45, 2.75) is 13.5 Å². The molecule has 0 atom stereocenters. The summed E-state index contributed by atoms with van der Waals surface area (Å²) in [5, 5.41) is 16.3. The Labute approximate surface area is 179 Å². The van der Waals surface area contributed by atoms with E-state index in [1.165, 1.54) is 19.4 Å². The van der Waals surface area contributed by atoms with Crippen molar-refractivity contribution >= 4 is 29.2 Å². The van der Waals surface area contributed by atoms with Crippen LogP contribution in [0.25, 0.3) is 0 Å². The molecule has 0 radical (unpaired) electrons. The molecule has 0 amide bonds. The van der Waals surface area contributed by atoms with Crippen LogP contribution in [-0.4, -0.2) is 18.2 Å². The molecular weight excluding hydrogens is 406 g/mol. The number of nitro benzene ring substituents is 1. The zero-order valence-corrected chi connectivity index (χ0v) is 17.2. The van der Waals surface area contributed by atoms with Crippen molar-refractivity contribution in [3.63, 3.8) is 0 Å². The lowest BCUT2D eigenvalue weighted by Gasteiger charge is -2.12. The second-order valence-electron chi connectivity index (χ2n) is 6.48. The molecule has 0 saturated carbocycles. The summed E-state index contributed by atoms with van der Waals surface area (Å²) in [5.41, 5.74) is 5.89. The summed E-state index contributed by atoms with van der Waals surface area (Å²) >= 11 is 5.98. The second kappa shape index (κ2) is 9.76. The number of halogens is 1. The van der Waals surface area contributed by atoms with Gasteiger partial charge in [0, 0.05) is 16.7 Å². The van der Waals surface area contributed by atoms with E-state index in [0.29, 0.717) is 10.6 Å². The molecule has 0 aliphatic heterocycles. The standard InChI is InChI=1S/C22H20ClN3O4/c1-15-6-8-19(9-7-15)25-24-13-17-11-20(26(27)28)22(21(12-17)29-2)30-14-16-4-3-5-18(23)10-16/h3-13,25H,14H2,1-2H3. The van der Waals surface area contributed by atoms with Gasteiger partial charge in [0.2, 0.25) is 5.75 Å². The maximum absolute atomic E-state index is 11.6. The molecule has 154 valence electrons. The Bertz CT molecular complexity index is 1070. The number of ether oxygens (including phenoxy) is 2. The van der Waals surface area contributed by atoms with Crippen LogP contribution in [0.1, 0.15) is 16.7 Å². The highest BCUT2D eigenvalue weighted by atomic mass is 35.5. The number of hydrazone groups is 1. The minimum absolute atomic E-state index is 0.0473. The Balaban J connectivity index is 1.82. The Hall–Kier alpha value is -3.58. The van der Waals surface area contributed by atoms with Crippen molar-refractivity contribution in [2.24, 2.45) is 5.10 Å². The highest BCUT2D eigenvalue weighted by molar-refractivity contribution is 6.30. The van der Waals surface area contributed by atoms with Gasteiger partial charge in [-0.15, -0.1) is 0 Å². The SMILES string of the molecule is COc1cc(C=NNc2ccc(C)cc2)cc([N+](=O)[O-])c1OCc1cccc(Cl)c1. The minimum Gasteiger partial charge on any atom is -0.493 e. The van der Waals surface area contributed by atoms with Crippen LogP contribution in [0.2, 0.25) is 5.02 Å². The number of aryl methyl sites for hydroxylation is 1. The molecule has 0 heterocycles. The van der Waals surface area contributed by atoms with Crippen LogP contribution in [0.15, 0.2) is 65.8 Å². The minimum atomic E-state index is -0.513. The lowest BCUT2D eigenvalue weighted by Crippen LogP contribution is -2.03. The summed E-state index contributed by atoms with van der Waals surface area (Å²) in [6.45, 7) is 2.11. The van der Waals surface area contributed by atoms with Gasteiger partial charge in [0.05, 0.1) is 23.9 Å². The predicted octanol–water partition coefficient (Wildman–Crippen LogP) is 5.59. The van der Waals surface area contributed by atoms with E-state index < -0.39 is 4.92 Å². The summed E-state index contributed by atoms with van der Waals surface area (Å²) in [6, 6.07) is 17.8. The van der Waals surface area contributed by atoms with Crippen molar-refractivity contribution in [3.05, 3.63) is 92.5 Å². The topological polar surface area (TPSA) is 86.0 Å². The lowest BCUT2D eigenvalue weighted by atomic mass is 10.1. The fraction of sp³-hybridized carbons (Fsp3) is 0.136. The van der Waals surface area contributed by atoms with Gasteiger partial charge in [0.15, 0.2) is 5.75 Å². The molecule has 30 heavy (non-hydrogen) atoms. The smallest absolute Gasteiger partial charge is 0.315 e. The molecule has 7 nitrogen and oxygen atoms in total. The van der Waals surface area contributed by atoms with Gasteiger partial charge in [-0.25, -0.2) is 0 Å². The van der Waals surface area contributed by atoms with Crippen LogP contribution < -0.4 is 14.9 Å². The molecule has 0 spiro atoms. The van der Waals surface area contributed by atoms with Crippen molar-refractivity contribution in [1.82, 2.24) is 0 Å². The Morgan fingerprint density at radius 2 is 1.93 bits per heavy atom. The summed E-state index contributed by atoms with van der Waals surface area (Å²) in [5.74, 6) is 0.286. The quantitative estimate of drug-likeness (QED) is 0.289. The van der Waals surface area contributed by atoms with Crippen LogP contribution in [0.3, 0.4) is 0 Å². The molecule has 0 bridgehead atoms. The van der Waals surface area contributed by atoms with Gasteiger partial charge >= 0.3 is 5.69 Å². The van der Waals surface area contributed by atoms with Gasteiger partial charge in [-0.2, -0.15) is 5.10 Å². The summed E-state index contributed by atoms with van der Waals surface area (Å²) in [7, 11) is 1.43. The first kappa shape index (κ1) is 21.1. The molecular formula is C22H20ClN3O4. The van der Waals surface area contributed by atoms with Gasteiger partial charge in [0.25, 0.3) is 0 Å². The summed E-state index contributed by atoms with van der Waals surface area (Å²) in [6.07, 6.45) is 1.48. The van der Waals surface area contributed by atoms with E-state index in [1.807, 2.05) is 37.3 Å². The summed E-state index contributed by atoms with van der Waals surface area (Å²) in [4.78, 5) is 11.1. The predicted molar refractivity (Wildman–Crippen MR) is 118 cm³/mol. The van der Waals surface area contributed by atoms with Gasteiger partial charge in [-0.1, -0.05) is 41.4 Å². The summed E-state index contributed by atoms with van der Waals surface area (Å²) < 4.78 is 11.0. The zero-order chi connectivity index (χ0) is 21.5. The number of nitrogens with one attached hydrogen (secondary N) is 1. The van der Waals surface area contributed by atoms with Crippen LogP contribution in [0.4, 0.5) is 11.4 Å². The second-order valence-corrected chi connectivity index (χ2v) is 6.92. The fourth-order valence-electron chi connectivity index (χ4n) is 2.71. The van der Waals surface area contributed by atoms with Crippen molar-refractivity contribution < 1.29 is 14.4 Å². The van der Waals surface area contributed by atoms with Gasteiger partial charge in [0.1, 0.15) is 6.61 Å². The van der Waals surface area contributed by atoms with E-state index in [9.17, 15) is 10.1 Å². The number of methoxy groups -OCH3 is 1. The molecule has 3 rings (SSSR count). The number of anilines is 1. The number of benzene rings is 3. The first-order chi connectivity index (χ1) is 14.5. The third-order valence-corrected chi connectivity index (χ3v) is 4.44. The number of hydrogen-bond acceptors (Lipinski definition) is 6. The molecule has 3 aromatic rings. The zero-order valence-electron chi connectivity index (χ0n) is 16.5. The third kappa shape index (κ3) is 5.48. The Kier molecular flexibility index (Phi) is 6.87. The van der Waals surface area contributed by atoms with Gasteiger partial charge in [-0.3, -0.25) is 15.5 Å². The third-order valence-electron chi connectivity index (χ3n) is 4.21. The van der Waals surface area contributed by atoms with E-state index >= 15 is 0 Å². The molecule has 3 aromatic carbocycles. The van der Waals surface area contributed by atoms with Crippen LogP contribution >= 0.6 is 11.6 Å². The maximum atomic E-state index is 11.6. The average Bonchev–Trinajstić information content (AvgIpc) is 2.73. The average molecular weight is 426 g/mol. The molecule has 0 fully saturated rings. The van der Waals surface area contributed by atoms with E-state index in [1.54, 1.807) is 24.3 Å². The van der Waals surface area contributed by atoms with Crippen molar-refractivity contribution in [2.75, 3.05) is 12.5 Å². The van der Waals surface area contributed by atoms with E-state index in [4.69, 9.17) is 21.1 Å². The Morgan fingerprint density at radius 1 is 1.17 bits per heavy atom. The normalized spacial score (nSPS) is 10.8. The fourth-order valence-corrected chi connectivity index (χ4v) is 2.92. The van der Waals surface area contributed by atoms with E-state index in [0.717, 1.165) is 16.8 Å². The first-order valence-corrected chi connectivity index (χ1v) is 9.43. The molecule has 0 unspecified atom stereocenters. The van der Waals surface area contributed by atoms with E-state index in [2.05, 4.69) is 10.5 Å². The lowest BCUT2D eigenvalue weighted by molar-refractivity contribution is -0.386. The highest BCUT2D eigenvalue weighted by Crippen LogP contribution is 2.38. The first-order valence-electron chi connectivity index (χ1n) is 9.05. The van der Waals surface area contributed by atoms with Crippen molar-refractivity contribution in [3.8, 4) is 11.5 Å². The van der Waals surface area contributed by atoms with E-state index in [-0.39, 0.29) is 23.8 Å². The molecule has 1 N–H and O–H groups in total. The number of rotatable bonds is 8. The number of nitro groups is 1. The number of nitrogens with zero attached hydrogens (tertiary/aromatic N) is 2. The maximum Gasteiger partial charge on any atom is 0.315 e. The van der Waals surface area contributed by atoms with Crippen LogP contribution in [0, 0.1) is 17.0 Å². The molecule has 0 saturated heterocycles. The van der Waals surface area contributed by atoms with Crippen LogP contribution in [-0.2, 0) is 6.61 Å². The largest absolute Gasteiger partial charge is 0.493 e. The monoisotopic (exact) mass is 425 g/mol. The highest BCUT2D eigenvalue weighted by Gasteiger charge is 2.22. The molecule has 0 aliphatic rings. The molecule has 0 aliphatic carbocycles. The van der Waals surface area contributed by atoms with Crippen LogP contribution in [0.5, 0.6) is 11.5 Å². The molecule has 8 heteroatoms. The Morgan fingerprint density at radius 3 is 2.60 bits per heavy atom. The van der Waals surface area contributed by atoms with Gasteiger partial charge in [-0.05, 0) is 42.8 Å². The van der Waals surface area contributed by atoms with Gasteiger partial charge < -0.3 is 9.47 Å². The number of hydrogen-bond donors (Lipinski definition) is 1. The van der Waals surface area contributed by atoms with Crippen molar-refractivity contribution in [1.29, 1.82) is 0 Å². The molecule has 0 aromatic heterocycles.